The fourth-order valence-corrected chi connectivity index (χ4v) is 3.03. The highest BCUT2D eigenvalue weighted by Crippen LogP contribution is 2.24. The van der Waals surface area contributed by atoms with Crippen LogP contribution in [0.25, 0.3) is 22.0 Å². The van der Waals surface area contributed by atoms with E-state index in [1.54, 1.807) is 36.5 Å². The van der Waals surface area contributed by atoms with E-state index in [-0.39, 0.29) is 23.7 Å². The Balaban J connectivity index is 1.82. The number of nitrogen functional groups attached to an aromatic ring is 1. The summed E-state index contributed by atoms with van der Waals surface area (Å²) in [7, 11) is 0. The van der Waals surface area contributed by atoms with Crippen molar-refractivity contribution in [2.45, 2.75) is 45.6 Å². The number of fused-ring (bicyclic) bond motifs is 1. The molecule has 2 aromatic heterocycles. The zero-order chi connectivity index (χ0) is 21.9. The summed E-state index contributed by atoms with van der Waals surface area (Å²) in [6, 6.07) is 8.57. The number of pyridine rings is 1. The number of nitrogens with one attached hydrogen (secondary N) is 1. The molecule has 0 bridgehead atoms. The molecule has 0 spiro atoms. The molecule has 0 fully saturated rings. The van der Waals surface area contributed by atoms with Gasteiger partial charge in [-0.2, -0.15) is 0 Å². The van der Waals surface area contributed by atoms with E-state index in [0.717, 1.165) is 24.5 Å². The van der Waals surface area contributed by atoms with Gasteiger partial charge in [0.15, 0.2) is 0 Å². The van der Waals surface area contributed by atoms with Crippen molar-refractivity contribution in [3.63, 3.8) is 0 Å². The van der Waals surface area contributed by atoms with E-state index in [2.05, 4.69) is 15.3 Å². The minimum Gasteiger partial charge on any atom is -0.369 e. The lowest BCUT2D eigenvalue weighted by molar-refractivity contribution is -0.118. The Hall–Kier alpha value is -3.36. The summed E-state index contributed by atoms with van der Waals surface area (Å²) in [5.41, 5.74) is 7.68. The second-order valence-electron chi connectivity index (χ2n) is 7.21. The zero-order valence-electron chi connectivity index (χ0n) is 16.8. The maximum Gasteiger partial charge on any atom is 0.262 e. The number of halogens is 2. The second kappa shape index (κ2) is 8.56. The molecule has 3 N–H and O–H groups in total. The third kappa shape index (κ3) is 4.97. The number of nitrogens with zero attached hydrogens (tertiary/aromatic N) is 3. The van der Waals surface area contributed by atoms with Gasteiger partial charge in [0, 0.05) is 31.1 Å². The number of carbonyl (C=O) groups excluding carboxylic acids is 1. The van der Waals surface area contributed by atoms with Crippen molar-refractivity contribution < 1.29 is 13.6 Å². The van der Waals surface area contributed by atoms with Gasteiger partial charge in [0.25, 0.3) is 5.56 Å². The fourth-order valence-electron chi connectivity index (χ4n) is 3.03. The van der Waals surface area contributed by atoms with Crippen LogP contribution in [0.3, 0.4) is 0 Å². The maximum absolute atomic E-state index is 12.9. The fraction of sp³-hybridized carbons (Fsp3) is 0.333. The molecule has 0 aliphatic carbocycles. The number of hydrogen-bond donors (Lipinski definition) is 2. The number of benzene rings is 1. The van der Waals surface area contributed by atoms with E-state index in [0.29, 0.717) is 17.4 Å². The van der Waals surface area contributed by atoms with Gasteiger partial charge in [0.05, 0.1) is 10.9 Å². The Morgan fingerprint density at radius 2 is 1.97 bits per heavy atom. The number of rotatable bonds is 7. The van der Waals surface area contributed by atoms with Crippen LogP contribution in [0.2, 0.25) is 0 Å². The molecule has 30 heavy (non-hydrogen) atoms. The molecule has 3 rings (SSSR count). The Kier molecular flexibility index (Phi) is 6.09. The molecule has 0 saturated heterocycles. The number of nitrogens with two attached hydrogens (primary N) is 1. The van der Waals surface area contributed by atoms with E-state index in [9.17, 15) is 18.4 Å². The lowest BCUT2D eigenvalue weighted by Gasteiger charge is -2.11. The molecule has 1 amide bonds. The molecule has 158 valence electrons. The number of carbonyl (C=O) groups is 1. The lowest BCUT2D eigenvalue weighted by Crippen LogP contribution is -2.24. The standard InChI is InChI=1S/C21H23F2N5O2/c1-3-10-28-19(30)15-11-13(4-6-16(15)26-20(28)24)14-5-7-17(25-12-14)27-18(29)8-9-21(2,22)23/h4-7,11-12H,3,8-10H2,1-2H3,(H2,24,26)(H,25,27,29). The van der Waals surface area contributed by atoms with E-state index in [1.165, 1.54) is 4.57 Å². The van der Waals surface area contributed by atoms with E-state index >= 15 is 0 Å². The van der Waals surface area contributed by atoms with Gasteiger partial charge in [0.2, 0.25) is 17.8 Å². The van der Waals surface area contributed by atoms with Gasteiger partial charge in [-0.15, -0.1) is 0 Å². The SMILES string of the molecule is CCCn1c(N)nc2ccc(-c3ccc(NC(=O)CCC(C)(F)F)nc3)cc2c1=O. The van der Waals surface area contributed by atoms with Gasteiger partial charge >= 0.3 is 0 Å². The van der Waals surface area contributed by atoms with Gasteiger partial charge in [-0.05, 0) is 43.2 Å². The predicted molar refractivity (Wildman–Crippen MR) is 112 cm³/mol. The maximum atomic E-state index is 12.9. The first-order valence-electron chi connectivity index (χ1n) is 9.62. The molecular weight excluding hydrogens is 392 g/mol. The van der Waals surface area contributed by atoms with Crippen molar-refractivity contribution >= 4 is 28.6 Å². The molecule has 3 aromatic rings. The summed E-state index contributed by atoms with van der Waals surface area (Å²) in [4.78, 5) is 33.0. The molecule has 7 nitrogen and oxygen atoms in total. The Morgan fingerprint density at radius 3 is 2.60 bits per heavy atom. The summed E-state index contributed by atoms with van der Waals surface area (Å²) in [6.45, 7) is 3.21. The van der Waals surface area contributed by atoms with Crippen molar-refractivity contribution in [1.29, 1.82) is 0 Å². The van der Waals surface area contributed by atoms with E-state index < -0.39 is 18.3 Å². The molecule has 0 saturated carbocycles. The van der Waals surface area contributed by atoms with Crippen LogP contribution in [-0.2, 0) is 11.3 Å². The largest absolute Gasteiger partial charge is 0.369 e. The Bertz CT molecular complexity index is 1120. The lowest BCUT2D eigenvalue weighted by atomic mass is 10.1. The minimum absolute atomic E-state index is 0.185. The molecule has 0 radical (unpaired) electrons. The summed E-state index contributed by atoms with van der Waals surface area (Å²) in [5.74, 6) is -2.96. The van der Waals surface area contributed by atoms with Crippen LogP contribution < -0.4 is 16.6 Å². The van der Waals surface area contributed by atoms with Crippen molar-refractivity contribution in [2.75, 3.05) is 11.1 Å². The first-order valence-corrected chi connectivity index (χ1v) is 9.62. The number of amides is 1. The van der Waals surface area contributed by atoms with E-state index in [1.807, 2.05) is 6.92 Å². The quantitative estimate of drug-likeness (QED) is 0.611. The van der Waals surface area contributed by atoms with Crippen molar-refractivity contribution in [1.82, 2.24) is 14.5 Å². The summed E-state index contributed by atoms with van der Waals surface area (Å²) in [6.07, 6.45) is 1.48. The molecule has 9 heteroatoms. The number of anilines is 2. The number of alkyl halides is 2. The zero-order valence-corrected chi connectivity index (χ0v) is 16.8. The van der Waals surface area contributed by atoms with Gasteiger partial charge in [0.1, 0.15) is 5.82 Å². The van der Waals surface area contributed by atoms with Gasteiger partial charge in [-0.3, -0.25) is 14.2 Å². The van der Waals surface area contributed by atoms with Crippen LogP contribution in [0, 0.1) is 0 Å². The van der Waals surface area contributed by atoms with Crippen LogP contribution in [-0.4, -0.2) is 26.4 Å². The van der Waals surface area contributed by atoms with Crippen LogP contribution in [0.4, 0.5) is 20.5 Å². The molecule has 2 heterocycles. The minimum atomic E-state index is -2.89. The summed E-state index contributed by atoms with van der Waals surface area (Å²) >= 11 is 0. The second-order valence-corrected chi connectivity index (χ2v) is 7.21. The van der Waals surface area contributed by atoms with Gasteiger partial charge < -0.3 is 11.1 Å². The average Bonchev–Trinajstić information content (AvgIpc) is 2.69. The monoisotopic (exact) mass is 415 g/mol. The third-order valence-electron chi connectivity index (χ3n) is 4.59. The molecule has 0 unspecified atom stereocenters. The highest BCUT2D eigenvalue weighted by atomic mass is 19.3. The highest BCUT2D eigenvalue weighted by Gasteiger charge is 2.22. The van der Waals surface area contributed by atoms with Crippen molar-refractivity contribution in [2.24, 2.45) is 0 Å². The van der Waals surface area contributed by atoms with Crippen LogP contribution in [0.15, 0.2) is 41.3 Å². The molecular formula is C21H23F2N5O2. The third-order valence-corrected chi connectivity index (χ3v) is 4.59. The van der Waals surface area contributed by atoms with Crippen LogP contribution in [0.1, 0.15) is 33.1 Å². The average molecular weight is 415 g/mol. The number of hydrogen-bond acceptors (Lipinski definition) is 5. The van der Waals surface area contributed by atoms with Gasteiger partial charge in [-0.1, -0.05) is 13.0 Å². The van der Waals surface area contributed by atoms with Crippen LogP contribution >= 0.6 is 0 Å². The van der Waals surface area contributed by atoms with Crippen LogP contribution in [0.5, 0.6) is 0 Å². The smallest absolute Gasteiger partial charge is 0.262 e. The predicted octanol–water partition coefficient (Wildman–Crippen LogP) is 3.82. The molecule has 0 aliphatic heterocycles. The summed E-state index contributed by atoms with van der Waals surface area (Å²) in [5, 5.41) is 2.95. The highest BCUT2D eigenvalue weighted by molar-refractivity contribution is 5.90. The summed E-state index contributed by atoms with van der Waals surface area (Å²) < 4.78 is 27.2. The molecule has 0 aliphatic rings. The first kappa shape index (κ1) is 21.4. The number of aromatic nitrogens is 3. The molecule has 0 atom stereocenters. The van der Waals surface area contributed by atoms with Gasteiger partial charge in [-0.25, -0.2) is 18.7 Å². The van der Waals surface area contributed by atoms with Crippen molar-refractivity contribution in [3.8, 4) is 11.1 Å². The molecule has 1 aromatic carbocycles. The normalized spacial score (nSPS) is 11.6. The first-order chi connectivity index (χ1) is 14.2. The Labute approximate surface area is 172 Å². The topological polar surface area (TPSA) is 103 Å². The van der Waals surface area contributed by atoms with E-state index in [4.69, 9.17) is 5.73 Å². The Morgan fingerprint density at radius 1 is 1.23 bits per heavy atom. The van der Waals surface area contributed by atoms with Crippen molar-refractivity contribution in [3.05, 3.63) is 46.9 Å².